The molecule has 0 saturated heterocycles. The van der Waals surface area contributed by atoms with E-state index in [1.807, 2.05) is 19.0 Å². The Balaban J connectivity index is 2.50. The van der Waals surface area contributed by atoms with E-state index >= 15 is 0 Å². The molecule has 0 aliphatic rings. The third kappa shape index (κ3) is 22.4. The molecule has 0 amide bonds. The highest BCUT2D eigenvalue weighted by atomic mass is 16.5. The van der Waals surface area contributed by atoms with Crippen LogP contribution in [0.2, 0.25) is 0 Å². The van der Waals surface area contributed by atoms with E-state index in [4.69, 9.17) is 9.84 Å². The van der Waals surface area contributed by atoms with Gasteiger partial charge in [0.25, 0.3) is 10.9 Å². The van der Waals surface area contributed by atoms with Crippen molar-refractivity contribution >= 4 is 23.3 Å². The molecule has 0 unspecified atom stereocenters. The Morgan fingerprint density at radius 3 is 1.58 bits per heavy atom. The van der Waals surface area contributed by atoms with Crippen molar-refractivity contribution in [2.24, 2.45) is 0 Å². The molecule has 0 fully saturated rings. The highest BCUT2D eigenvalue weighted by Crippen LogP contribution is 2.23. The fourth-order valence-electron chi connectivity index (χ4n) is 6.61. The number of nitrogens with one attached hydrogen (secondary N) is 1. The summed E-state index contributed by atoms with van der Waals surface area (Å²) >= 11 is 0. The molecule has 0 radical (unpaired) electrons. The molecule has 9 nitrogen and oxygen atoms in total. The number of carboxylic acid groups (broad SMARTS) is 1. The average molecular weight is 706 g/mol. The molecule has 0 aliphatic carbocycles. The second kappa shape index (κ2) is 30.2. The third-order valence-electron chi connectivity index (χ3n) is 9.75. The number of rotatable bonds is 36. The maximum Gasteiger partial charge on any atom is 0.306 e. The normalized spacial score (nSPS) is 11.6. The molecule has 1 aromatic carbocycles. The van der Waals surface area contributed by atoms with Crippen molar-refractivity contribution < 1.29 is 19.4 Å². The Morgan fingerprint density at radius 1 is 0.620 bits per heavy atom. The van der Waals surface area contributed by atoms with Gasteiger partial charge in [-0.15, -0.1) is 0 Å². The zero-order valence-corrected chi connectivity index (χ0v) is 32.7. The van der Waals surface area contributed by atoms with Gasteiger partial charge in [-0.1, -0.05) is 117 Å². The summed E-state index contributed by atoms with van der Waals surface area (Å²) in [4.78, 5) is 52.8. The molecule has 0 bridgehead atoms. The van der Waals surface area contributed by atoms with E-state index < -0.39 is 16.8 Å². The molecule has 290 valence electrons. The minimum absolute atomic E-state index is 0.0458. The van der Waals surface area contributed by atoms with E-state index in [0.29, 0.717) is 43.9 Å². The first-order valence-corrected chi connectivity index (χ1v) is 20.6. The van der Waals surface area contributed by atoms with Gasteiger partial charge in [-0.2, -0.15) is 0 Å². The van der Waals surface area contributed by atoms with Crippen molar-refractivity contribution in [1.29, 1.82) is 0 Å². The zero-order valence-electron chi connectivity index (χ0n) is 32.7. The molecule has 1 rings (SSSR count). The van der Waals surface area contributed by atoms with Crippen molar-refractivity contribution in [2.75, 3.05) is 50.5 Å². The molecule has 0 aromatic heterocycles. The Morgan fingerprint density at radius 2 is 1.08 bits per heavy atom. The van der Waals surface area contributed by atoms with Crippen molar-refractivity contribution in [2.45, 2.75) is 187 Å². The Labute approximate surface area is 305 Å². The highest BCUT2D eigenvalue weighted by Gasteiger charge is 2.25. The molecule has 0 aliphatic heterocycles. The minimum Gasteiger partial charge on any atom is -0.481 e. The molecular weight excluding hydrogens is 630 g/mol. The Bertz CT molecular complexity index is 1050. The van der Waals surface area contributed by atoms with Gasteiger partial charge >= 0.3 is 11.9 Å². The number of nitrogens with zero attached hydrogens (tertiary/aromatic N) is 2. The van der Waals surface area contributed by atoms with Crippen molar-refractivity contribution in [3.05, 3.63) is 20.4 Å². The quantitative estimate of drug-likeness (QED) is 0.0400. The molecular formula is C41H75N3O6. The largest absolute Gasteiger partial charge is 0.481 e. The number of hydrogen-bond acceptors (Lipinski definition) is 8. The van der Waals surface area contributed by atoms with Crippen LogP contribution in [0.15, 0.2) is 9.59 Å². The number of carboxylic acids is 1. The molecule has 0 spiro atoms. The number of hydrogen-bond donors (Lipinski definition) is 2. The number of carbonyl (C=O) groups excluding carboxylic acids is 1. The fraction of sp³-hybridized carbons (Fsp3) is 0.854. The summed E-state index contributed by atoms with van der Waals surface area (Å²) in [6.07, 6.45) is 26.9. The average Bonchev–Trinajstić information content (AvgIpc) is 3.08. The molecule has 9 heteroatoms. The lowest BCUT2D eigenvalue weighted by Gasteiger charge is -2.28. The van der Waals surface area contributed by atoms with Gasteiger partial charge in [0.2, 0.25) is 0 Å². The first-order valence-electron chi connectivity index (χ1n) is 20.6. The van der Waals surface area contributed by atoms with Crippen LogP contribution in [-0.4, -0.2) is 68.3 Å². The van der Waals surface area contributed by atoms with Gasteiger partial charge in [-0.3, -0.25) is 19.2 Å². The second-order valence-electron chi connectivity index (χ2n) is 14.8. The second-order valence-corrected chi connectivity index (χ2v) is 14.8. The van der Waals surface area contributed by atoms with Crippen molar-refractivity contribution in [1.82, 2.24) is 4.90 Å². The lowest BCUT2D eigenvalue weighted by molar-refractivity contribution is -0.150. The van der Waals surface area contributed by atoms with E-state index in [-0.39, 0.29) is 18.5 Å². The van der Waals surface area contributed by atoms with Gasteiger partial charge in [0, 0.05) is 39.0 Å². The number of esters is 1. The number of ether oxygens (including phenoxy) is 1. The summed E-state index contributed by atoms with van der Waals surface area (Å²) < 4.78 is 6.01. The number of likely N-dealkylation sites (N-methyl/N-ethyl adjacent to an activating group) is 1. The van der Waals surface area contributed by atoms with Crippen LogP contribution >= 0.6 is 0 Å². The van der Waals surface area contributed by atoms with Gasteiger partial charge < -0.3 is 25.0 Å². The van der Waals surface area contributed by atoms with Gasteiger partial charge in [-0.05, 0) is 65.5 Å². The van der Waals surface area contributed by atoms with Crippen LogP contribution in [-0.2, 0) is 14.3 Å². The minimum atomic E-state index is -0.753. The van der Waals surface area contributed by atoms with Crippen molar-refractivity contribution in [3.63, 3.8) is 0 Å². The van der Waals surface area contributed by atoms with E-state index in [2.05, 4.69) is 24.1 Å². The summed E-state index contributed by atoms with van der Waals surface area (Å²) in [5.41, 5.74) is 0.149. The first-order chi connectivity index (χ1) is 24.2. The molecule has 50 heavy (non-hydrogen) atoms. The topological polar surface area (TPSA) is 116 Å². The SMILES string of the molecule is CCCCCCCCC(CCCCCCCC)OC(=O)CCCCCCCN(CCCCCCCC(=O)O)c1c(NCCN(C)C)c(=O)c1=O. The standard InChI is InChI=1S/C41H75N3O6/c1-5-7-9-11-15-21-27-35(28-22-16-12-10-8-6-2)50-37(47)30-24-18-14-20-26-33-44(32-25-19-13-17-23-29-36(45)46)39-38(40(48)41(39)49)42-31-34-43(3)4/h35,42H,5-34H2,1-4H3,(H,45,46). The monoisotopic (exact) mass is 706 g/mol. The van der Waals surface area contributed by atoms with Gasteiger partial charge in [-0.25, -0.2) is 0 Å². The van der Waals surface area contributed by atoms with Crippen LogP contribution in [0.25, 0.3) is 0 Å². The smallest absolute Gasteiger partial charge is 0.306 e. The lowest BCUT2D eigenvalue weighted by atomic mass is 10.0. The first kappa shape index (κ1) is 45.6. The van der Waals surface area contributed by atoms with Gasteiger partial charge in [0.05, 0.1) is 0 Å². The molecule has 0 saturated carbocycles. The van der Waals surface area contributed by atoms with Crippen LogP contribution in [0, 0.1) is 0 Å². The highest BCUT2D eigenvalue weighted by molar-refractivity contribution is 5.75. The number of unbranched alkanes of at least 4 members (excludes halogenated alkanes) is 18. The van der Waals surface area contributed by atoms with Crippen LogP contribution in [0.3, 0.4) is 0 Å². The lowest BCUT2D eigenvalue weighted by Crippen LogP contribution is -2.44. The van der Waals surface area contributed by atoms with E-state index in [1.165, 1.54) is 64.2 Å². The van der Waals surface area contributed by atoms with Crippen LogP contribution in [0.4, 0.5) is 11.4 Å². The third-order valence-corrected chi connectivity index (χ3v) is 9.75. The van der Waals surface area contributed by atoms with E-state index in [0.717, 1.165) is 90.0 Å². The summed E-state index contributed by atoms with van der Waals surface area (Å²) in [6, 6.07) is 0. The van der Waals surface area contributed by atoms with Crippen molar-refractivity contribution in [3.8, 4) is 0 Å². The predicted molar refractivity (Wildman–Crippen MR) is 210 cm³/mol. The maximum absolute atomic E-state index is 12.8. The zero-order chi connectivity index (χ0) is 36.8. The number of anilines is 2. The van der Waals surface area contributed by atoms with Crippen LogP contribution in [0.5, 0.6) is 0 Å². The fourth-order valence-corrected chi connectivity index (χ4v) is 6.61. The predicted octanol–water partition coefficient (Wildman–Crippen LogP) is 9.24. The number of carbonyl (C=O) groups is 2. The maximum atomic E-state index is 12.8. The summed E-state index contributed by atoms with van der Waals surface area (Å²) in [6.45, 7) is 7.27. The van der Waals surface area contributed by atoms with E-state index in [9.17, 15) is 19.2 Å². The summed E-state index contributed by atoms with van der Waals surface area (Å²) in [5.74, 6) is -0.799. The molecule has 1 aromatic rings. The van der Waals surface area contributed by atoms with Crippen LogP contribution in [0.1, 0.15) is 181 Å². The summed E-state index contributed by atoms with van der Waals surface area (Å²) in [5, 5.41) is 12.1. The van der Waals surface area contributed by atoms with E-state index in [1.54, 1.807) is 0 Å². The molecule has 0 heterocycles. The molecule has 0 atom stereocenters. The van der Waals surface area contributed by atoms with Crippen LogP contribution < -0.4 is 21.1 Å². The molecule has 2 N–H and O–H groups in total. The number of aliphatic carboxylic acids is 1. The van der Waals surface area contributed by atoms with Gasteiger partial charge in [0.15, 0.2) is 0 Å². The van der Waals surface area contributed by atoms with Gasteiger partial charge in [0.1, 0.15) is 17.5 Å². The Kier molecular flexibility index (Phi) is 27.6. The Hall–Kier alpha value is -2.42. The summed E-state index contributed by atoms with van der Waals surface area (Å²) in [7, 11) is 3.95.